The molecule has 0 unspecified atom stereocenters. The van der Waals surface area contributed by atoms with Gasteiger partial charge in [-0.05, 0) is 47.7 Å². The zero-order valence-electron chi connectivity index (χ0n) is 20.2. The maximum absolute atomic E-state index is 14.8. The second kappa shape index (κ2) is 11.0. The monoisotopic (exact) mass is 531 g/mol. The molecule has 1 aliphatic heterocycles. The van der Waals surface area contributed by atoms with Gasteiger partial charge in [0.05, 0.1) is 23.2 Å². The second-order valence-electron chi connectivity index (χ2n) is 9.05. The zero-order chi connectivity index (χ0) is 26.6. The number of thiazole rings is 1. The molecule has 1 aliphatic rings. The minimum atomic E-state index is -0.814. The minimum absolute atomic E-state index is 0.0723. The van der Waals surface area contributed by atoms with Crippen LogP contribution in [0, 0.1) is 28.9 Å². The standard InChI is InChI=1S/C29H23F2N3O3S/c30-23-13-24(26-17-38-29(33-26)34-11-9-22(10-12-34)28(35)36)27(25(31)14-23)37-16-19-3-7-21(8-4-19)20-5-1-18(15-32)2-6-20/h1-8,13-14,17,22H,9-12,16H2,(H,35,36). The number of halogens is 2. The molecule has 0 aliphatic carbocycles. The van der Waals surface area contributed by atoms with E-state index < -0.39 is 17.6 Å². The van der Waals surface area contributed by atoms with Gasteiger partial charge in [0.15, 0.2) is 16.7 Å². The molecule has 192 valence electrons. The van der Waals surface area contributed by atoms with Crippen molar-refractivity contribution in [3.8, 4) is 34.2 Å². The van der Waals surface area contributed by atoms with E-state index in [2.05, 4.69) is 11.1 Å². The van der Waals surface area contributed by atoms with Crippen LogP contribution in [0.1, 0.15) is 24.0 Å². The van der Waals surface area contributed by atoms with Gasteiger partial charge in [-0.1, -0.05) is 36.4 Å². The van der Waals surface area contributed by atoms with Gasteiger partial charge in [-0.15, -0.1) is 11.3 Å². The number of carbonyl (C=O) groups is 1. The number of ether oxygens (including phenoxy) is 1. The van der Waals surface area contributed by atoms with E-state index in [1.54, 1.807) is 17.5 Å². The Bertz CT molecular complexity index is 1490. The van der Waals surface area contributed by atoms with Crippen LogP contribution in [0.3, 0.4) is 0 Å². The molecule has 0 amide bonds. The van der Waals surface area contributed by atoms with E-state index in [0.717, 1.165) is 22.8 Å². The van der Waals surface area contributed by atoms with Gasteiger partial charge in [0.1, 0.15) is 12.4 Å². The lowest BCUT2D eigenvalue weighted by atomic mass is 9.97. The fourth-order valence-electron chi connectivity index (χ4n) is 4.43. The summed E-state index contributed by atoms with van der Waals surface area (Å²) in [5, 5.41) is 20.6. The van der Waals surface area contributed by atoms with Crippen LogP contribution in [0.2, 0.25) is 0 Å². The average Bonchev–Trinajstić information content (AvgIpc) is 3.43. The number of anilines is 1. The molecule has 9 heteroatoms. The molecular weight excluding hydrogens is 508 g/mol. The molecule has 1 fully saturated rings. The van der Waals surface area contributed by atoms with E-state index >= 15 is 0 Å². The first-order valence-electron chi connectivity index (χ1n) is 12.1. The van der Waals surface area contributed by atoms with Gasteiger partial charge in [0.2, 0.25) is 0 Å². The summed E-state index contributed by atoms with van der Waals surface area (Å²) in [6.45, 7) is 1.19. The Hall–Kier alpha value is -4.29. The van der Waals surface area contributed by atoms with Gasteiger partial charge in [-0.2, -0.15) is 5.26 Å². The highest BCUT2D eigenvalue weighted by atomic mass is 32.1. The molecule has 1 N–H and O–H groups in total. The Morgan fingerprint density at radius 1 is 1.08 bits per heavy atom. The second-order valence-corrected chi connectivity index (χ2v) is 9.89. The van der Waals surface area contributed by atoms with Crippen molar-refractivity contribution in [2.45, 2.75) is 19.4 Å². The Morgan fingerprint density at radius 2 is 1.74 bits per heavy atom. The molecule has 3 aromatic carbocycles. The molecule has 5 rings (SSSR count). The topological polar surface area (TPSA) is 86.5 Å². The highest BCUT2D eigenvalue weighted by Gasteiger charge is 2.26. The van der Waals surface area contributed by atoms with Crippen molar-refractivity contribution in [3.05, 3.63) is 88.8 Å². The van der Waals surface area contributed by atoms with Crippen molar-refractivity contribution in [1.82, 2.24) is 4.98 Å². The number of hydrogen-bond acceptors (Lipinski definition) is 6. The van der Waals surface area contributed by atoms with Crippen LogP contribution < -0.4 is 9.64 Å². The maximum Gasteiger partial charge on any atom is 0.306 e. The molecular formula is C29H23F2N3O3S. The Balaban J connectivity index is 1.31. The third-order valence-corrected chi connectivity index (χ3v) is 7.48. The first kappa shape index (κ1) is 25.4. The van der Waals surface area contributed by atoms with E-state index in [1.807, 2.05) is 41.3 Å². The number of benzene rings is 3. The van der Waals surface area contributed by atoms with Crippen LogP contribution in [0.25, 0.3) is 22.4 Å². The first-order valence-corrected chi connectivity index (χ1v) is 12.9. The molecule has 38 heavy (non-hydrogen) atoms. The number of hydrogen-bond donors (Lipinski definition) is 1. The van der Waals surface area contributed by atoms with Crippen molar-refractivity contribution < 1.29 is 23.4 Å². The number of aliphatic carboxylic acids is 1. The smallest absolute Gasteiger partial charge is 0.306 e. The summed E-state index contributed by atoms with van der Waals surface area (Å²) in [5.41, 5.74) is 3.95. The molecule has 4 aromatic rings. The summed E-state index contributed by atoms with van der Waals surface area (Å²) in [6.07, 6.45) is 1.05. The van der Waals surface area contributed by atoms with Crippen molar-refractivity contribution in [2.24, 2.45) is 5.92 Å². The molecule has 0 bridgehead atoms. The van der Waals surface area contributed by atoms with E-state index in [-0.39, 0.29) is 23.8 Å². The summed E-state index contributed by atoms with van der Waals surface area (Å²) < 4.78 is 34.9. The lowest BCUT2D eigenvalue weighted by molar-refractivity contribution is -0.142. The fourth-order valence-corrected chi connectivity index (χ4v) is 5.31. The maximum atomic E-state index is 14.8. The molecule has 0 radical (unpaired) electrons. The van der Waals surface area contributed by atoms with Crippen molar-refractivity contribution in [3.63, 3.8) is 0 Å². The number of nitriles is 1. The first-order chi connectivity index (χ1) is 18.4. The number of piperidine rings is 1. The highest BCUT2D eigenvalue weighted by Crippen LogP contribution is 2.37. The summed E-state index contributed by atoms with van der Waals surface area (Å²) in [7, 11) is 0. The van der Waals surface area contributed by atoms with Gasteiger partial charge >= 0.3 is 5.97 Å². The van der Waals surface area contributed by atoms with E-state index in [1.165, 1.54) is 17.4 Å². The van der Waals surface area contributed by atoms with Gasteiger partial charge in [-0.25, -0.2) is 13.8 Å². The number of rotatable bonds is 7. The third kappa shape index (κ3) is 5.50. The summed E-state index contributed by atoms with van der Waals surface area (Å²) in [6, 6.07) is 18.9. The molecule has 1 aromatic heterocycles. The Kier molecular flexibility index (Phi) is 7.33. The number of carboxylic acids is 1. The summed E-state index contributed by atoms with van der Waals surface area (Å²) in [5.74, 6) is -2.77. The van der Waals surface area contributed by atoms with Crippen LogP contribution in [0.5, 0.6) is 5.75 Å². The van der Waals surface area contributed by atoms with Gasteiger partial charge < -0.3 is 14.7 Å². The SMILES string of the molecule is N#Cc1ccc(-c2ccc(COc3c(F)cc(F)cc3-c3csc(N4CCC(C(=O)O)CC4)n3)cc2)cc1. The van der Waals surface area contributed by atoms with Gasteiger partial charge in [0.25, 0.3) is 0 Å². The molecule has 0 atom stereocenters. The predicted molar refractivity (Wildman–Crippen MR) is 141 cm³/mol. The molecule has 0 saturated carbocycles. The fraction of sp³-hybridized carbons (Fsp3) is 0.207. The van der Waals surface area contributed by atoms with Gasteiger partial charge in [-0.3, -0.25) is 4.79 Å². The zero-order valence-corrected chi connectivity index (χ0v) is 21.0. The van der Waals surface area contributed by atoms with E-state index in [9.17, 15) is 18.7 Å². The van der Waals surface area contributed by atoms with E-state index in [4.69, 9.17) is 10.00 Å². The van der Waals surface area contributed by atoms with Crippen LogP contribution >= 0.6 is 11.3 Å². The lowest BCUT2D eigenvalue weighted by Crippen LogP contribution is -2.36. The Labute approximate surface area is 222 Å². The summed E-state index contributed by atoms with van der Waals surface area (Å²) in [4.78, 5) is 17.8. The number of nitrogens with zero attached hydrogens (tertiary/aromatic N) is 3. The normalized spacial score (nSPS) is 13.8. The minimum Gasteiger partial charge on any atom is -0.485 e. The quantitative estimate of drug-likeness (QED) is 0.293. The molecule has 0 spiro atoms. The Morgan fingerprint density at radius 3 is 2.37 bits per heavy atom. The van der Waals surface area contributed by atoms with Crippen LogP contribution in [-0.4, -0.2) is 29.1 Å². The summed E-state index contributed by atoms with van der Waals surface area (Å²) >= 11 is 1.35. The molecule has 2 heterocycles. The van der Waals surface area contributed by atoms with Crippen molar-refractivity contribution >= 4 is 22.4 Å². The number of carboxylic acid groups (broad SMARTS) is 1. The number of aromatic nitrogens is 1. The average molecular weight is 532 g/mol. The molecule has 6 nitrogen and oxygen atoms in total. The lowest BCUT2D eigenvalue weighted by Gasteiger charge is -2.29. The van der Waals surface area contributed by atoms with Gasteiger partial charge in [0, 0.05) is 30.1 Å². The predicted octanol–water partition coefficient (Wildman–Crippen LogP) is 6.51. The van der Waals surface area contributed by atoms with Crippen LogP contribution in [-0.2, 0) is 11.4 Å². The van der Waals surface area contributed by atoms with Crippen molar-refractivity contribution in [2.75, 3.05) is 18.0 Å². The van der Waals surface area contributed by atoms with Crippen molar-refractivity contribution in [1.29, 1.82) is 5.26 Å². The van der Waals surface area contributed by atoms with Crippen LogP contribution in [0.4, 0.5) is 13.9 Å². The largest absolute Gasteiger partial charge is 0.485 e. The molecule has 1 saturated heterocycles. The van der Waals surface area contributed by atoms with Crippen LogP contribution in [0.15, 0.2) is 66.0 Å². The van der Waals surface area contributed by atoms with E-state index in [0.29, 0.717) is 42.3 Å². The third-order valence-electron chi connectivity index (χ3n) is 6.58. The highest BCUT2D eigenvalue weighted by molar-refractivity contribution is 7.14.